The summed E-state index contributed by atoms with van der Waals surface area (Å²) >= 11 is 0. The first-order chi connectivity index (χ1) is 6.25. The third-order valence-electron chi connectivity index (χ3n) is 2.62. The molecule has 0 amide bonds. The van der Waals surface area contributed by atoms with Crippen molar-refractivity contribution in [2.45, 2.75) is 19.8 Å². The van der Waals surface area contributed by atoms with Crippen LogP contribution in [0.4, 0.5) is 10.1 Å². The number of fused-ring (bicyclic) bond motifs is 1. The van der Waals surface area contributed by atoms with E-state index in [1.807, 2.05) is 6.07 Å². The lowest BCUT2D eigenvalue weighted by molar-refractivity contribution is 0.571. The number of aryl methyl sites for hydroxylation is 1. The van der Waals surface area contributed by atoms with Crippen LogP contribution in [0.1, 0.15) is 18.9 Å². The van der Waals surface area contributed by atoms with Crippen molar-refractivity contribution in [3.05, 3.63) is 29.6 Å². The van der Waals surface area contributed by atoms with Gasteiger partial charge in [0.25, 0.3) is 0 Å². The van der Waals surface area contributed by atoms with Crippen LogP contribution in [0.2, 0.25) is 0 Å². The van der Waals surface area contributed by atoms with Gasteiger partial charge in [0.2, 0.25) is 0 Å². The molecule has 1 aliphatic rings. The first-order valence-electron chi connectivity index (χ1n) is 4.78. The summed E-state index contributed by atoms with van der Waals surface area (Å²) in [5.74, 6) is 0.524. The van der Waals surface area contributed by atoms with Crippen LogP contribution in [-0.2, 0) is 6.42 Å². The molecule has 2 heteroatoms. The Morgan fingerprint density at radius 3 is 3.15 bits per heavy atom. The van der Waals surface area contributed by atoms with E-state index in [2.05, 4.69) is 12.2 Å². The quantitative estimate of drug-likeness (QED) is 0.645. The lowest BCUT2D eigenvalue weighted by Gasteiger charge is -2.07. The lowest BCUT2D eigenvalue weighted by atomic mass is 10.0. The zero-order valence-corrected chi connectivity index (χ0v) is 7.81. The van der Waals surface area contributed by atoms with Gasteiger partial charge in [-0.25, -0.2) is 4.39 Å². The lowest BCUT2D eigenvalue weighted by Crippen LogP contribution is -2.08. The Bertz CT molecular complexity index is 309. The summed E-state index contributed by atoms with van der Waals surface area (Å²) < 4.78 is 12.9. The van der Waals surface area contributed by atoms with E-state index in [-0.39, 0.29) is 5.82 Å². The summed E-state index contributed by atoms with van der Waals surface area (Å²) in [5.41, 5.74) is 2.22. The maximum atomic E-state index is 12.9. The molecule has 0 fully saturated rings. The van der Waals surface area contributed by atoms with Crippen LogP contribution >= 0.6 is 0 Å². The minimum absolute atomic E-state index is 0.152. The van der Waals surface area contributed by atoms with E-state index < -0.39 is 0 Å². The van der Waals surface area contributed by atoms with Crippen molar-refractivity contribution in [3.8, 4) is 0 Å². The van der Waals surface area contributed by atoms with Crippen molar-refractivity contribution >= 4 is 5.69 Å². The molecule has 2 rings (SSSR count). The Morgan fingerprint density at radius 1 is 1.46 bits per heavy atom. The minimum atomic E-state index is -0.152. The summed E-state index contributed by atoms with van der Waals surface area (Å²) in [5, 5.41) is 3.28. The zero-order chi connectivity index (χ0) is 9.26. The number of halogens is 1. The number of rotatable bonds is 0. The second kappa shape index (κ2) is 3.36. The van der Waals surface area contributed by atoms with E-state index in [0.29, 0.717) is 5.92 Å². The van der Waals surface area contributed by atoms with E-state index in [4.69, 9.17) is 0 Å². The van der Waals surface area contributed by atoms with Crippen molar-refractivity contribution in [1.82, 2.24) is 0 Å². The number of benzene rings is 1. The van der Waals surface area contributed by atoms with Crippen LogP contribution in [-0.4, -0.2) is 6.54 Å². The van der Waals surface area contributed by atoms with Crippen LogP contribution in [0.5, 0.6) is 0 Å². The molecule has 0 saturated carbocycles. The second-order valence-electron chi connectivity index (χ2n) is 3.83. The standard InChI is InChI=1S/C11H14FN/c1-8-2-3-9-4-5-10(12)6-11(9)13-7-8/h4-6,8,13H,2-3,7H2,1H3. The smallest absolute Gasteiger partial charge is 0.125 e. The molecule has 1 N–H and O–H groups in total. The van der Waals surface area contributed by atoms with Gasteiger partial charge in [0.15, 0.2) is 0 Å². The minimum Gasteiger partial charge on any atom is -0.384 e. The number of anilines is 1. The van der Waals surface area contributed by atoms with Gasteiger partial charge in [-0.15, -0.1) is 0 Å². The highest BCUT2D eigenvalue weighted by atomic mass is 19.1. The fraction of sp³-hybridized carbons (Fsp3) is 0.455. The van der Waals surface area contributed by atoms with Gasteiger partial charge < -0.3 is 5.32 Å². The van der Waals surface area contributed by atoms with E-state index in [0.717, 1.165) is 18.7 Å². The molecule has 0 bridgehead atoms. The Kier molecular flexibility index (Phi) is 2.21. The maximum Gasteiger partial charge on any atom is 0.125 e. The Labute approximate surface area is 78.0 Å². The van der Waals surface area contributed by atoms with E-state index in [1.54, 1.807) is 6.07 Å². The molecule has 0 saturated heterocycles. The molecule has 0 aromatic heterocycles. The third kappa shape index (κ3) is 1.82. The summed E-state index contributed by atoms with van der Waals surface area (Å²) in [4.78, 5) is 0. The Morgan fingerprint density at radius 2 is 2.31 bits per heavy atom. The molecular weight excluding hydrogens is 165 g/mol. The molecule has 1 aromatic carbocycles. The van der Waals surface area contributed by atoms with E-state index in [1.165, 1.54) is 18.1 Å². The van der Waals surface area contributed by atoms with Crippen LogP contribution in [0.25, 0.3) is 0 Å². The highest BCUT2D eigenvalue weighted by Gasteiger charge is 2.11. The molecular formula is C11H14FN. The Balaban J connectivity index is 2.30. The monoisotopic (exact) mass is 179 g/mol. The molecule has 70 valence electrons. The van der Waals surface area contributed by atoms with E-state index in [9.17, 15) is 4.39 Å². The van der Waals surface area contributed by atoms with Crippen molar-refractivity contribution in [3.63, 3.8) is 0 Å². The van der Waals surface area contributed by atoms with Crippen LogP contribution in [0.3, 0.4) is 0 Å². The third-order valence-corrected chi connectivity index (χ3v) is 2.62. The zero-order valence-electron chi connectivity index (χ0n) is 7.81. The molecule has 1 aromatic rings. The fourth-order valence-electron chi connectivity index (χ4n) is 1.72. The van der Waals surface area contributed by atoms with Gasteiger partial charge in [-0.3, -0.25) is 0 Å². The number of hydrogen-bond acceptors (Lipinski definition) is 1. The van der Waals surface area contributed by atoms with Crippen LogP contribution in [0, 0.1) is 11.7 Å². The fourth-order valence-corrected chi connectivity index (χ4v) is 1.72. The molecule has 0 aliphatic carbocycles. The first-order valence-corrected chi connectivity index (χ1v) is 4.78. The summed E-state index contributed by atoms with van der Waals surface area (Å²) in [6.45, 7) is 3.17. The Hall–Kier alpha value is -1.05. The van der Waals surface area contributed by atoms with Crippen molar-refractivity contribution in [2.75, 3.05) is 11.9 Å². The van der Waals surface area contributed by atoms with Crippen molar-refractivity contribution in [1.29, 1.82) is 0 Å². The van der Waals surface area contributed by atoms with Crippen LogP contribution in [0.15, 0.2) is 18.2 Å². The first kappa shape index (κ1) is 8.54. The predicted octanol–water partition coefficient (Wildman–Crippen LogP) is 2.82. The molecule has 1 unspecified atom stereocenters. The van der Waals surface area contributed by atoms with Gasteiger partial charge in [-0.1, -0.05) is 13.0 Å². The maximum absolute atomic E-state index is 12.9. The highest BCUT2D eigenvalue weighted by Crippen LogP contribution is 2.24. The second-order valence-corrected chi connectivity index (χ2v) is 3.83. The van der Waals surface area contributed by atoms with Crippen LogP contribution < -0.4 is 5.32 Å². The van der Waals surface area contributed by atoms with Gasteiger partial charge in [0.1, 0.15) is 5.82 Å². The topological polar surface area (TPSA) is 12.0 Å². The van der Waals surface area contributed by atoms with Gasteiger partial charge in [-0.05, 0) is 36.5 Å². The largest absolute Gasteiger partial charge is 0.384 e. The highest BCUT2D eigenvalue weighted by molar-refractivity contribution is 5.52. The van der Waals surface area contributed by atoms with Gasteiger partial charge in [-0.2, -0.15) is 0 Å². The molecule has 13 heavy (non-hydrogen) atoms. The van der Waals surface area contributed by atoms with Gasteiger partial charge >= 0.3 is 0 Å². The normalized spacial score (nSPS) is 21.5. The average Bonchev–Trinajstić information content (AvgIpc) is 2.29. The SMILES string of the molecule is CC1CCc2ccc(F)cc2NC1. The molecule has 1 nitrogen and oxygen atoms in total. The van der Waals surface area contributed by atoms with Crippen molar-refractivity contribution < 1.29 is 4.39 Å². The van der Waals surface area contributed by atoms with Crippen molar-refractivity contribution in [2.24, 2.45) is 5.92 Å². The molecule has 1 aliphatic heterocycles. The van der Waals surface area contributed by atoms with Gasteiger partial charge in [0, 0.05) is 12.2 Å². The predicted molar refractivity (Wildman–Crippen MR) is 52.4 cm³/mol. The molecule has 0 spiro atoms. The molecule has 1 atom stereocenters. The average molecular weight is 179 g/mol. The number of hydrogen-bond donors (Lipinski definition) is 1. The van der Waals surface area contributed by atoms with Gasteiger partial charge in [0.05, 0.1) is 0 Å². The molecule has 0 radical (unpaired) electrons. The summed E-state index contributed by atoms with van der Waals surface area (Å²) in [6, 6.07) is 5.01. The molecule has 1 heterocycles. The van der Waals surface area contributed by atoms with E-state index >= 15 is 0 Å². The summed E-state index contributed by atoms with van der Waals surface area (Å²) in [7, 11) is 0. The summed E-state index contributed by atoms with van der Waals surface area (Å²) in [6.07, 6.45) is 2.25. The number of nitrogens with one attached hydrogen (secondary N) is 1.